The number of nitro groups is 1. The molecule has 8 nitrogen and oxygen atoms in total. The van der Waals surface area contributed by atoms with Crippen LogP contribution in [0.5, 0.6) is 0 Å². The van der Waals surface area contributed by atoms with Gasteiger partial charge in [0.25, 0.3) is 15.7 Å². The molecule has 1 heterocycles. The van der Waals surface area contributed by atoms with Crippen LogP contribution in [0.3, 0.4) is 0 Å². The van der Waals surface area contributed by atoms with E-state index in [1.807, 2.05) is 6.92 Å². The summed E-state index contributed by atoms with van der Waals surface area (Å²) in [6.45, 7) is 2.52. The third-order valence-corrected chi connectivity index (χ3v) is 6.03. The van der Waals surface area contributed by atoms with Crippen LogP contribution in [0.15, 0.2) is 52.2 Å². The van der Waals surface area contributed by atoms with E-state index >= 15 is 0 Å². The summed E-state index contributed by atoms with van der Waals surface area (Å²) in [5.41, 5.74) is 0.572. The van der Waals surface area contributed by atoms with Crippen molar-refractivity contribution in [2.75, 3.05) is 4.72 Å². The maximum absolute atomic E-state index is 12.6. The molecule has 0 amide bonds. The molecule has 3 rings (SSSR count). The molecule has 26 heavy (non-hydrogen) atoms. The van der Waals surface area contributed by atoms with E-state index in [2.05, 4.69) is 4.72 Å². The molecular formula is C16H15N3O5S2. The molecule has 0 aliphatic rings. The number of nitrogens with one attached hydrogen (secondary N) is 1. The van der Waals surface area contributed by atoms with E-state index in [9.17, 15) is 23.3 Å². The summed E-state index contributed by atoms with van der Waals surface area (Å²) in [7, 11) is -3.94. The van der Waals surface area contributed by atoms with Gasteiger partial charge in [0.2, 0.25) is 0 Å². The van der Waals surface area contributed by atoms with Crippen molar-refractivity contribution in [3.8, 4) is 0 Å². The van der Waals surface area contributed by atoms with E-state index in [4.69, 9.17) is 0 Å². The lowest BCUT2D eigenvalue weighted by Gasteiger charge is -2.08. The van der Waals surface area contributed by atoms with Gasteiger partial charge >= 0.3 is 4.87 Å². The number of rotatable bonds is 6. The van der Waals surface area contributed by atoms with Crippen molar-refractivity contribution in [2.45, 2.75) is 24.8 Å². The molecule has 0 atom stereocenters. The van der Waals surface area contributed by atoms with Gasteiger partial charge in [0, 0.05) is 18.7 Å². The highest BCUT2D eigenvalue weighted by Gasteiger charge is 2.18. The minimum atomic E-state index is -3.94. The Morgan fingerprint density at radius 2 is 2.00 bits per heavy atom. The highest BCUT2D eigenvalue weighted by molar-refractivity contribution is 7.92. The van der Waals surface area contributed by atoms with E-state index < -0.39 is 14.9 Å². The number of fused-ring (bicyclic) bond motifs is 1. The first-order valence-corrected chi connectivity index (χ1v) is 10.0. The second-order valence-corrected chi connectivity index (χ2v) is 8.24. The molecule has 136 valence electrons. The Morgan fingerprint density at radius 1 is 1.23 bits per heavy atom. The van der Waals surface area contributed by atoms with Gasteiger partial charge in [-0.05, 0) is 30.7 Å². The lowest BCUT2D eigenvalue weighted by atomic mass is 10.3. The van der Waals surface area contributed by atoms with Crippen molar-refractivity contribution in [3.63, 3.8) is 0 Å². The van der Waals surface area contributed by atoms with Crippen molar-refractivity contribution in [2.24, 2.45) is 0 Å². The smallest absolute Gasteiger partial charge is 0.299 e. The first-order chi connectivity index (χ1) is 12.3. The van der Waals surface area contributed by atoms with Crippen LogP contribution in [0.2, 0.25) is 0 Å². The number of sulfonamides is 1. The first kappa shape index (κ1) is 18.1. The fourth-order valence-electron chi connectivity index (χ4n) is 2.55. The van der Waals surface area contributed by atoms with Crippen LogP contribution in [0, 0.1) is 10.1 Å². The summed E-state index contributed by atoms with van der Waals surface area (Å²) in [4.78, 5) is 22.1. The van der Waals surface area contributed by atoms with Gasteiger partial charge in [0.05, 0.1) is 25.7 Å². The third kappa shape index (κ3) is 3.46. The van der Waals surface area contributed by atoms with Gasteiger partial charge in [-0.25, -0.2) is 8.42 Å². The number of hydrogen-bond acceptors (Lipinski definition) is 6. The zero-order valence-corrected chi connectivity index (χ0v) is 15.3. The van der Waals surface area contributed by atoms with Crippen molar-refractivity contribution in [1.29, 1.82) is 0 Å². The average molecular weight is 393 g/mol. The van der Waals surface area contributed by atoms with E-state index in [1.165, 1.54) is 30.3 Å². The molecule has 1 N–H and O–H groups in total. The molecule has 0 saturated heterocycles. The van der Waals surface area contributed by atoms with Crippen LogP contribution in [0.25, 0.3) is 10.2 Å². The van der Waals surface area contributed by atoms with Crippen LogP contribution >= 0.6 is 11.3 Å². The Balaban J connectivity index is 1.98. The quantitative estimate of drug-likeness (QED) is 0.511. The molecule has 0 radical (unpaired) electrons. The molecule has 0 unspecified atom stereocenters. The molecule has 10 heteroatoms. The summed E-state index contributed by atoms with van der Waals surface area (Å²) < 4.78 is 29.7. The average Bonchev–Trinajstić information content (AvgIpc) is 2.90. The predicted molar refractivity (Wildman–Crippen MR) is 100 cm³/mol. The van der Waals surface area contributed by atoms with Crippen molar-refractivity contribution in [3.05, 3.63) is 62.2 Å². The lowest BCUT2D eigenvalue weighted by molar-refractivity contribution is -0.384. The highest BCUT2D eigenvalue weighted by Crippen LogP contribution is 2.25. The number of aryl methyl sites for hydroxylation is 1. The number of aromatic nitrogens is 1. The molecule has 0 aliphatic heterocycles. The van der Waals surface area contributed by atoms with Crippen molar-refractivity contribution < 1.29 is 13.3 Å². The molecule has 0 aliphatic carbocycles. The molecule has 0 spiro atoms. The number of nitrogens with zero attached hydrogens (tertiary/aromatic N) is 2. The second-order valence-electron chi connectivity index (χ2n) is 5.56. The number of non-ortho nitro benzene ring substituents is 1. The monoisotopic (exact) mass is 393 g/mol. The maximum Gasteiger partial charge on any atom is 0.308 e. The first-order valence-electron chi connectivity index (χ1n) is 7.72. The Morgan fingerprint density at radius 3 is 2.69 bits per heavy atom. The molecular weight excluding hydrogens is 378 g/mol. The Kier molecular flexibility index (Phi) is 4.79. The molecule has 0 bridgehead atoms. The van der Waals surface area contributed by atoms with Crippen LogP contribution in [0.1, 0.15) is 13.3 Å². The fourth-order valence-corrected chi connectivity index (χ4v) is 4.65. The zero-order chi connectivity index (χ0) is 18.9. The fraction of sp³-hybridized carbons (Fsp3) is 0.188. The van der Waals surface area contributed by atoms with Gasteiger partial charge in [-0.3, -0.25) is 24.2 Å². The zero-order valence-electron chi connectivity index (χ0n) is 13.7. The Hall–Kier alpha value is -2.72. The second kappa shape index (κ2) is 6.89. The van der Waals surface area contributed by atoms with Gasteiger partial charge in [-0.15, -0.1) is 0 Å². The summed E-state index contributed by atoms with van der Waals surface area (Å²) in [6.07, 6.45) is 0.792. The van der Waals surface area contributed by atoms with Gasteiger partial charge in [0.15, 0.2) is 0 Å². The van der Waals surface area contributed by atoms with E-state index in [0.29, 0.717) is 16.8 Å². The van der Waals surface area contributed by atoms with Gasteiger partial charge in [0.1, 0.15) is 0 Å². The molecule has 1 aromatic heterocycles. The maximum atomic E-state index is 12.6. The van der Waals surface area contributed by atoms with E-state index in [-0.39, 0.29) is 21.1 Å². The largest absolute Gasteiger partial charge is 0.308 e. The number of hydrogen-bond donors (Lipinski definition) is 1. The minimum absolute atomic E-state index is 0.0126. The minimum Gasteiger partial charge on any atom is -0.299 e. The van der Waals surface area contributed by atoms with E-state index in [0.717, 1.165) is 23.8 Å². The van der Waals surface area contributed by atoms with Crippen LogP contribution in [-0.2, 0) is 16.6 Å². The summed E-state index contributed by atoms with van der Waals surface area (Å²) in [6, 6.07) is 9.71. The molecule has 0 fully saturated rings. The summed E-state index contributed by atoms with van der Waals surface area (Å²) >= 11 is 0.988. The highest BCUT2D eigenvalue weighted by atomic mass is 32.2. The lowest BCUT2D eigenvalue weighted by Crippen LogP contribution is -2.13. The van der Waals surface area contributed by atoms with Gasteiger partial charge in [-0.2, -0.15) is 0 Å². The van der Waals surface area contributed by atoms with Crippen molar-refractivity contribution >= 4 is 43.0 Å². The molecule has 2 aromatic carbocycles. The molecule has 0 saturated carbocycles. The molecule has 3 aromatic rings. The van der Waals surface area contributed by atoms with Crippen LogP contribution < -0.4 is 9.60 Å². The number of nitro benzene ring substituents is 1. The normalized spacial score (nSPS) is 11.6. The van der Waals surface area contributed by atoms with Crippen LogP contribution in [0.4, 0.5) is 11.4 Å². The topological polar surface area (TPSA) is 111 Å². The van der Waals surface area contributed by atoms with Gasteiger partial charge in [-0.1, -0.05) is 24.3 Å². The predicted octanol–water partition coefficient (Wildman–Crippen LogP) is 3.18. The Labute approximate surface area is 152 Å². The van der Waals surface area contributed by atoms with Gasteiger partial charge < -0.3 is 0 Å². The van der Waals surface area contributed by atoms with Crippen LogP contribution in [-0.4, -0.2) is 17.9 Å². The third-order valence-electron chi connectivity index (χ3n) is 3.71. The number of benzene rings is 2. The van der Waals surface area contributed by atoms with E-state index in [1.54, 1.807) is 10.6 Å². The number of thiazole rings is 1. The SMILES string of the molecule is CCCn1c(=O)sc2cc(S(=O)(=O)Nc3cccc([N+](=O)[O-])c3)ccc21. The number of anilines is 1. The van der Waals surface area contributed by atoms with Crippen molar-refractivity contribution in [1.82, 2.24) is 4.57 Å². The summed E-state index contributed by atoms with van der Waals surface area (Å²) in [5, 5.41) is 10.8. The standard InChI is InChI=1S/C16H15N3O5S2/c1-2-8-18-14-7-6-13(10-15(14)25-16(18)20)26(23,24)17-11-4-3-5-12(9-11)19(21)22/h3-7,9-10,17H,2,8H2,1H3. The Bertz CT molecular complexity index is 1150. The summed E-state index contributed by atoms with van der Waals surface area (Å²) in [5.74, 6) is 0.